The monoisotopic (exact) mass is 401 g/mol. The van der Waals surface area contributed by atoms with Crippen molar-refractivity contribution < 1.29 is 4.74 Å². The third kappa shape index (κ3) is 5.14. The number of hydrogen-bond acceptors (Lipinski definition) is 4. The molecule has 1 aliphatic heterocycles. The van der Waals surface area contributed by atoms with Crippen LogP contribution in [-0.2, 0) is 0 Å². The van der Waals surface area contributed by atoms with Gasteiger partial charge in [-0.3, -0.25) is 4.90 Å². The van der Waals surface area contributed by atoms with Gasteiger partial charge >= 0.3 is 0 Å². The zero-order valence-corrected chi connectivity index (χ0v) is 17.8. The molecule has 0 amide bonds. The molecule has 156 valence electrons. The van der Waals surface area contributed by atoms with Gasteiger partial charge in [0, 0.05) is 49.8 Å². The maximum Gasteiger partial charge on any atom is 0.119 e. The van der Waals surface area contributed by atoms with E-state index in [1.54, 1.807) is 7.11 Å². The quantitative estimate of drug-likeness (QED) is 0.526. The van der Waals surface area contributed by atoms with Gasteiger partial charge < -0.3 is 14.5 Å². The molecule has 1 aliphatic rings. The number of rotatable bonds is 8. The third-order valence-corrected chi connectivity index (χ3v) is 5.80. The van der Waals surface area contributed by atoms with Crippen molar-refractivity contribution in [1.82, 2.24) is 4.90 Å². The molecule has 0 bridgehead atoms. The average Bonchev–Trinajstić information content (AvgIpc) is 2.83. The van der Waals surface area contributed by atoms with E-state index in [1.165, 1.54) is 17.1 Å². The Morgan fingerprint density at radius 3 is 1.83 bits per heavy atom. The lowest BCUT2D eigenvalue weighted by atomic mass is 10.2. The van der Waals surface area contributed by atoms with Gasteiger partial charge in [-0.2, -0.15) is 0 Å². The summed E-state index contributed by atoms with van der Waals surface area (Å²) in [6.07, 6.45) is 1.15. The fraction of sp³-hybridized carbons (Fsp3) is 0.308. The third-order valence-electron chi connectivity index (χ3n) is 5.80. The van der Waals surface area contributed by atoms with Crippen LogP contribution in [0.4, 0.5) is 17.1 Å². The lowest BCUT2D eigenvalue weighted by Crippen LogP contribution is -2.47. The summed E-state index contributed by atoms with van der Waals surface area (Å²) in [4.78, 5) is 7.48. The molecule has 0 spiro atoms. The summed E-state index contributed by atoms with van der Waals surface area (Å²) in [5.41, 5.74) is 3.80. The largest absolute Gasteiger partial charge is 0.497 e. The van der Waals surface area contributed by atoms with E-state index in [0.717, 1.165) is 51.4 Å². The standard InChI is InChI=1S/C26H31N3O/c1-30-26-15-13-23(14-16-26)28-21-19-27(20-22-28)17-8-18-29(24-9-4-2-5-10-24)25-11-6-3-7-12-25/h2-7,9-16H,8,17-22H2,1H3. The summed E-state index contributed by atoms with van der Waals surface area (Å²) in [5.74, 6) is 0.916. The SMILES string of the molecule is COc1ccc(N2CCN(CCCN(c3ccccc3)c3ccccc3)CC2)cc1. The minimum atomic E-state index is 0.916. The molecule has 4 nitrogen and oxygen atoms in total. The normalized spacial score (nSPS) is 14.5. The molecule has 1 saturated heterocycles. The minimum absolute atomic E-state index is 0.916. The van der Waals surface area contributed by atoms with Crippen LogP contribution in [0, 0.1) is 0 Å². The molecule has 30 heavy (non-hydrogen) atoms. The van der Waals surface area contributed by atoms with Crippen molar-refractivity contribution in [2.24, 2.45) is 0 Å². The molecule has 4 heteroatoms. The van der Waals surface area contributed by atoms with Crippen molar-refractivity contribution in [3.63, 3.8) is 0 Å². The highest BCUT2D eigenvalue weighted by atomic mass is 16.5. The highest BCUT2D eigenvalue weighted by Gasteiger charge is 2.17. The number of para-hydroxylation sites is 2. The first-order valence-electron chi connectivity index (χ1n) is 10.8. The maximum atomic E-state index is 5.27. The van der Waals surface area contributed by atoms with Crippen molar-refractivity contribution in [3.05, 3.63) is 84.9 Å². The van der Waals surface area contributed by atoms with Gasteiger partial charge in [-0.1, -0.05) is 36.4 Å². The molecule has 0 N–H and O–H groups in total. The maximum absolute atomic E-state index is 5.27. The summed E-state index contributed by atoms with van der Waals surface area (Å²) in [7, 11) is 1.71. The van der Waals surface area contributed by atoms with Gasteiger partial charge in [-0.25, -0.2) is 0 Å². The number of ether oxygens (including phenoxy) is 1. The van der Waals surface area contributed by atoms with Crippen LogP contribution in [0.5, 0.6) is 5.75 Å². The predicted octanol–water partition coefficient (Wildman–Crippen LogP) is 5.05. The van der Waals surface area contributed by atoms with Gasteiger partial charge in [-0.15, -0.1) is 0 Å². The van der Waals surface area contributed by atoms with Crippen LogP contribution >= 0.6 is 0 Å². The van der Waals surface area contributed by atoms with Crippen molar-refractivity contribution in [2.45, 2.75) is 6.42 Å². The number of methoxy groups -OCH3 is 1. The van der Waals surface area contributed by atoms with Crippen LogP contribution in [0.25, 0.3) is 0 Å². The van der Waals surface area contributed by atoms with Crippen LogP contribution in [0.2, 0.25) is 0 Å². The van der Waals surface area contributed by atoms with E-state index < -0.39 is 0 Å². The van der Waals surface area contributed by atoms with E-state index in [4.69, 9.17) is 4.74 Å². The van der Waals surface area contributed by atoms with Crippen LogP contribution in [-0.4, -0.2) is 51.3 Å². The topological polar surface area (TPSA) is 19.0 Å². The van der Waals surface area contributed by atoms with Crippen LogP contribution in [0.15, 0.2) is 84.9 Å². The Kier molecular flexibility index (Phi) is 6.88. The van der Waals surface area contributed by atoms with Gasteiger partial charge in [-0.05, 0) is 61.5 Å². The Balaban J connectivity index is 1.29. The van der Waals surface area contributed by atoms with Gasteiger partial charge in [0.25, 0.3) is 0 Å². The first-order valence-corrected chi connectivity index (χ1v) is 10.8. The molecule has 1 heterocycles. The highest BCUT2D eigenvalue weighted by molar-refractivity contribution is 5.62. The molecule has 0 atom stereocenters. The van der Waals surface area contributed by atoms with Gasteiger partial charge in [0.05, 0.1) is 7.11 Å². The number of hydrogen-bond donors (Lipinski definition) is 0. The Bertz CT molecular complexity index is 836. The van der Waals surface area contributed by atoms with E-state index in [0.29, 0.717) is 0 Å². The molecular formula is C26H31N3O. The molecule has 0 saturated carbocycles. The van der Waals surface area contributed by atoms with Gasteiger partial charge in [0.2, 0.25) is 0 Å². The summed E-state index contributed by atoms with van der Waals surface area (Å²) in [5, 5.41) is 0. The lowest BCUT2D eigenvalue weighted by molar-refractivity contribution is 0.256. The fourth-order valence-corrected chi connectivity index (χ4v) is 4.10. The second-order valence-corrected chi connectivity index (χ2v) is 7.70. The van der Waals surface area contributed by atoms with Crippen LogP contribution in [0.3, 0.4) is 0 Å². The molecule has 0 aliphatic carbocycles. The second kappa shape index (κ2) is 10.2. The molecule has 0 aromatic heterocycles. The molecule has 3 aromatic carbocycles. The average molecular weight is 402 g/mol. The number of piperazine rings is 1. The van der Waals surface area contributed by atoms with Crippen LogP contribution in [0.1, 0.15) is 6.42 Å². The first kappa shape index (κ1) is 20.3. The van der Waals surface area contributed by atoms with E-state index >= 15 is 0 Å². The first-order chi connectivity index (χ1) is 14.8. The van der Waals surface area contributed by atoms with E-state index in [2.05, 4.69) is 87.5 Å². The fourth-order valence-electron chi connectivity index (χ4n) is 4.10. The molecule has 0 radical (unpaired) electrons. The summed E-state index contributed by atoms with van der Waals surface area (Å²) < 4.78 is 5.27. The zero-order valence-electron chi connectivity index (χ0n) is 17.8. The molecular weight excluding hydrogens is 370 g/mol. The predicted molar refractivity (Wildman–Crippen MR) is 126 cm³/mol. The second-order valence-electron chi connectivity index (χ2n) is 7.70. The lowest BCUT2D eigenvalue weighted by Gasteiger charge is -2.36. The Morgan fingerprint density at radius 1 is 0.733 bits per heavy atom. The molecule has 3 aromatic rings. The van der Waals surface area contributed by atoms with Gasteiger partial charge in [0.1, 0.15) is 5.75 Å². The van der Waals surface area contributed by atoms with E-state index in [1.807, 2.05) is 12.1 Å². The highest BCUT2D eigenvalue weighted by Crippen LogP contribution is 2.25. The number of nitrogens with zero attached hydrogens (tertiary/aromatic N) is 3. The Morgan fingerprint density at radius 2 is 1.30 bits per heavy atom. The van der Waals surface area contributed by atoms with Crippen molar-refractivity contribution in [1.29, 1.82) is 0 Å². The van der Waals surface area contributed by atoms with Crippen molar-refractivity contribution in [2.75, 3.05) is 56.2 Å². The molecule has 1 fully saturated rings. The van der Waals surface area contributed by atoms with Crippen molar-refractivity contribution in [3.8, 4) is 5.75 Å². The van der Waals surface area contributed by atoms with E-state index in [9.17, 15) is 0 Å². The molecule has 4 rings (SSSR count). The smallest absolute Gasteiger partial charge is 0.119 e. The number of benzene rings is 3. The Labute approximate surface area is 180 Å². The Hall–Kier alpha value is -2.98. The summed E-state index contributed by atoms with van der Waals surface area (Å²) >= 11 is 0. The zero-order chi connectivity index (χ0) is 20.6. The molecule has 0 unspecified atom stereocenters. The minimum Gasteiger partial charge on any atom is -0.497 e. The summed E-state index contributed by atoms with van der Waals surface area (Å²) in [6, 6.07) is 29.8. The summed E-state index contributed by atoms with van der Waals surface area (Å²) in [6.45, 7) is 6.53. The number of anilines is 3. The van der Waals surface area contributed by atoms with Crippen LogP contribution < -0.4 is 14.5 Å². The van der Waals surface area contributed by atoms with Gasteiger partial charge in [0.15, 0.2) is 0 Å². The van der Waals surface area contributed by atoms with E-state index in [-0.39, 0.29) is 0 Å². The van der Waals surface area contributed by atoms with Crippen molar-refractivity contribution >= 4 is 17.1 Å².